The quantitative estimate of drug-likeness (QED) is 0.896. The van der Waals surface area contributed by atoms with Crippen LogP contribution in [0.5, 0.6) is 0 Å². The lowest BCUT2D eigenvalue weighted by Gasteiger charge is -2.20. The van der Waals surface area contributed by atoms with Gasteiger partial charge in [-0.2, -0.15) is 0 Å². The Labute approximate surface area is 132 Å². The first-order valence-electron chi connectivity index (χ1n) is 7.09. The summed E-state index contributed by atoms with van der Waals surface area (Å²) in [4.78, 5) is 17.6. The molecule has 21 heavy (non-hydrogen) atoms. The zero-order valence-corrected chi connectivity index (χ0v) is 13.5. The maximum absolute atomic E-state index is 12.2. The number of carbonyl (C=O) groups is 1. The predicted molar refractivity (Wildman–Crippen MR) is 87.8 cm³/mol. The number of amides is 1. The van der Waals surface area contributed by atoms with Crippen LogP contribution in [-0.4, -0.2) is 30.0 Å². The lowest BCUT2D eigenvalue weighted by atomic mass is 10.2. The summed E-state index contributed by atoms with van der Waals surface area (Å²) in [7, 11) is 0. The molecule has 0 spiro atoms. The Morgan fingerprint density at radius 2 is 2.19 bits per heavy atom. The highest BCUT2D eigenvalue weighted by molar-refractivity contribution is 9.10. The molecule has 2 N–H and O–H groups in total. The molecule has 1 aliphatic rings. The van der Waals surface area contributed by atoms with Crippen molar-refractivity contribution in [1.29, 1.82) is 0 Å². The molecule has 2 heterocycles. The van der Waals surface area contributed by atoms with E-state index in [4.69, 9.17) is 0 Å². The molecule has 3 rings (SSSR count). The second-order valence-electron chi connectivity index (χ2n) is 5.37. The number of hydrogen-bond acceptors (Lipinski definition) is 2. The number of nitrogens with zero attached hydrogens (tertiary/aromatic N) is 1. The molecule has 0 unspecified atom stereocenters. The number of benzene rings is 1. The third-order valence-corrected chi connectivity index (χ3v) is 4.59. The van der Waals surface area contributed by atoms with Gasteiger partial charge in [0.2, 0.25) is 0 Å². The number of nitrogens with one attached hydrogen (secondary N) is 2. The number of para-hydroxylation sites is 1. The highest BCUT2D eigenvalue weighted by Crippen LogP contribution is 2.28. The summed E-state index contributed by atoms with van der Waals surface area (Å²) in [6.07, 6.45) is 2.77. The number of anilines is 1. The Hall–Kier alpha value is -1.75. The van der Waals surface area contributed by atoms with Crippen LogP contribution in [0.4, 0.5) is 5.69 Å². The van der Waals surface area contributed by atoms with E-state index in [9.17, 15) is 4.79 Å². The minimum atomic E-state index is 0.00715. The van der Waals surface area contributed by atoms with E-state index in [-0.39, 0.29) is 11.9 Å². The van der Waals surface area contributed by atoms with Crippen LogP contribution in [0.15, 0.2) is 41.0 Å². The number of aromatic nitrogens is 1. The minimum absolute atomic E-state index is 0.00715. The number of carbonyl (C=O) groups excluding carboxylic acids is 1. The molecule has 0 bridgehead atoms. The second kappa shape index (κ2) is 5.93. The van der Waals surface area contributed by atoms with Crippen LogP contribution in [0, 0.1) is 6.92 Å². The largest absolute Gasteiger partial charge is 0.368 e. The Bertz CT molecular complexity index is 652. The van der Waals surface area contributed by atoms with Crippen molar-refractivity contribution in [2.75, 3.05) is 18.0 Å². The molecule has 1 aromatic heterocycles. The van der Waals surface area contributed by atoms with Crippen LogP contribution in [0.25, 0.3) is 0 Å². The third-order valence-electron chi connectivity index (χ3n) is 3.92. The summed E-state index contributed by atoms with van der Waals surface area (Å²) in [5.41, 5.74) is 2.83. The van der Waals surface area contributed by atoms with Crippen molar-refractivity contribution in [3.63, 3.8) is 0 Å². The summed E-state index contributed by atoms with van der Waals surface area (Å²) < 4.78 is 1.10. The average molecular weight is 348 g/mol. The number of aryl methyl sites for hydroxylation is 1. The fourth-order valence-electron chi connectivity index (χ4n) is 2.77. The topological polar surface area (TPSA) is 48.1 Å². The monoisotopic (exact) mass is 347 g/mol. The zero-order chi connectivity index (χ0) is 14.8. The van der Waals surface area contributed by atoms with E-state index >= 15 is 0 Å². The molecular formula is C16H18BrN3O. The molecule has 4 nitrogen and oxygen atoms in total. The number of rotatable bonds is 3. The van der Waals surface area contributed by atoms with Gasteiger partial charge in [-0.1, -0.05) is 12.1 Å². The highest BCUT2D eigenvalue weighted by atomic mass is 79.9. The van der Waals surface area contributed by atoms with Gasteiger partial charge in [0.15, 0.2) is 0 Å². The Morgan fingerprint density at radius 3 is 2.90 bits per heavy atom. The van der Waals surface area contributed by atoms with Gasteiger partial charge in [0, 0.05) is 35.5 Å². The Kier molecular flexibility index (Phi) is 4.01. The highest BCUT2D eigenvalue weighted by Gasteiger charge is 2.25. The van der Waals surface area contributed by atoms with Crippen molar-refractivity contribution in [2.45, 2.75) is 19.4 Å². The summed E-state index contributed by atoms with van der Waals surface area (Å²) in [6, 6.07) is 10.2. The predicted octanol–water partition coefficient (Wildman–Crippen LogP) is 3.09. The molecular weight excluding hydrogens is 330 g/mol. The molecule has 110 valence electrons. The fraction of sp³-hybridized carbons (Fsp3) is 0.312. The van der Waals surface area contributed by atoms with Crippen LogP contribution in [0.1, 0.15) is 22.5 Å². The maximum Gasteiger partial charge on any atom is 0.253 e. The van der Waals surface area contributed by atoms with E-state index in [1.54, 1.807) is 6.20 Å². The Balaban J connectivity index is 1.64. The Morgan fingerprint density at radius 1 is 1.38 bits per heavy atom. The molecule has 1 atom stereocenters. The molecule has 1 aliphatic heterocycles. The number of hydrogen-bond donors (Lipinski definition) is 2. The van der Waals surface area contributed by atoms with Crippen LogP contribution in [0.2, 0.25) is 0 Å². The van der Waals surface area contributed by atoms with Crippen molar-refractivity contribution >= 4 is 27.5 Å². The van der Waals surface area contributed by atoms with Gasteiger partial charge in [-0.25, -0.2) is 0 Å². The van der Waals surface area contributed by atoms with E-state index in [2.05, 4.69) is 37.2 Å². The van der Waals surface area contributed by atoms with Crippen LogP contribution in [-0.2, 0) is 0 Å². The van der Waals surface area contributed by atoms with E-state index in [0.717, 1.165) is 35.2 Å². The first-order chi connectivity index (χ1) is 10.1. The van der Waals surface area contributed by atoms with Gasteiger partial charge < -0.3 is 15.2 Å². The fourth-order valence-corrected chi connectivity index (χ4v) is 3.30. The van der Waals surface area contributed by atoms with E-state index in [0.29, 0.717) is 0 Å². The van der Waals surface area contributed by atoms with Gasteiger partial charge in [-0.3, -0.25) is 4.79 Å². The molecule has 0 radical (unpaired) electrons. The van der Waals surface area contributed by atoms with Crippen molar-refractivity contribution < 1.29 is 4.79 Å². The summed E-state index contributed by atoms with van der Waals surface area (Å²) in [5.74, 6) is 0.00715. The van der Waals surface area contributed by atoms with Crippen LogP contribution in [0.3, 0.4) is 0 Å². The summed E-state index contributed by atoms with van der Waals surface area (Å²) in [5, 5.41) is 3.13. The van der Waals surface area contributed by atoms with Crippen molar-refractivity contribution in [3.05, 3.63) is 52.3 Å². The normalized spacial score (nSPS) is 18.0. The minimum Gasteiger partial charge on any atom is -0.368 e. The van der Waals surface area contributed by atoms with E-state index < -0.39 is 0 Å². The lowest BCUT2D eigenvalue weighted by Crippen LogP contribution is -2.37. The van der Waals surface area contributed by atoms with E-state index in [1.807, 2.05) is 31.2 Å². The van der Waals surface area contributed by atoms with Gasteiger partial charge in [0.05, 0.1) is 11.3 Å². The average Bonchev–Trinajstić information content (AvgIpc) is 3.08. The molecule has 2 aromatic rings. The molecule has 1 saturated heterocycles. The maximum atomic E-state index is 12.2. The second-order valence-corrected chi connectivity index (χ2v) is 6.23. The smallest absolute Gasteiger partial charge is 0.253 e. The number of aromatic amines is 1. The first-order valence-corrected chi connectivity index (χ1v) is 7.89. The summed E-state index contributed by atoms with van der Waals surface area (Å²) >= 11 is 3.58. The van der Waals surface area contributed by atoms with Crippen molar-refractivity contribution in [3.8, 4) is 0 Å². The molecule has 1 aromatic carbocycles. The van der Waals surface area contributed by atoms with Crippen molar-refractivity contribution in [1.82, 2.24) is 10.3 Å². The van der Waals surface area contributed by atoms with Gasteiger partial charge in [0.1, 0.15) is 0 Å². The molecule has 1 fully saturated rings. The van der Waals surface area contributed by atoms with Crippen molar-refractivity contribution in [2.24, 2.45) is 0 Å². The van der Waals surface area contributed by atoms with E-state index in [1.165, 1.54) is 5.69 Å². The van der Waals surface area contributed by atoms with Crippen LogP contribution < -0.4 is 10.2 Å². The third kappa shape index (κ3) is 2.97. The van der Waals surface area contributed by atoms with Gasteiger partial charge in [-0.15, -0.1) is 0 Å². The number of H-pyrrole nitrogens is 1. The van der Waals surface area contributed by atoms with Gasteiger partial charge in [0.25, 0.3) is 5.91 Å². The molecule has 0 aliphatic carbocycles. The molecule has 5 heteroatoms. The molecule has 1 amide bonds. The lowest BCUT2D eigenvalue weighted by molar-refractivity contribution is 0.0940. The standard InChI is InChI=1S/C16H18BrN3O/c1-11-13(6-8-18-11)16(21)19-12-7-9-20(10-12)15-5-3-2-4-14(15)17/h2-6,8,12,18H,7,9-10H2,1H3,(H,19,21)/t12-/m1/s1. The summed E-state index contributed by atoms with van der Waals surface area (Å²) in [6.45, 7) is 3.72. The van der Waals surface area contributed by atoms with Gasteiger partial charge >= 0.3 is 0 Å². The molecule has 0 saturated carbocycles. The van der Waals surface area contributed by atoms with Crippen LogP contribution >= 0.6 is 15.9 Å². The zero-order valence-electron chi connectivity index (χ0n) is 11.9. The first kappa shape index (κ1) is 14.2. The van der Waals surface area contributed by atoms with Gasteiger partial charge in [-0.05, 0) is 47.5 Å². The number of halogens is 1. The SMILES string of the molecule is Cc1[nH]ccc1C(=O)N[C@@H]1CCN(c2ccccc2Br)C1.